The van der Waals surface area contributed by atoms with Crippen LogP contribution >= 0.6 is 0 Å². The van der Waals surface area contributed by atoms with Gasteiger partial charge in [0.25, 0.3) is 0 Å². The predicted molar refractivity (Wildman–Crippen MR) is 221 cm³/mol. The van der Waals surface area contributed by atoms with E-state index in [2.05, 4.69) is 0 Å². The van der Waals surface area contributed by atoms with E-state index >= 15 is 0 Å². The Kier molecular flexibility index (Phi) is 41.9. The molecule has 0 aliphatic heterocycles. The Morgan fingerprint density at radius 1 is 0.389 bits per heavy atom. The average Bonchev–Trinajstić information content (AvgIpc) is 2.95. The zero-order valence-corrected chi connectivity index (χ0v) is 32.5. The second-order valence-corrected chi connectivity index (χ2v) is 11.2. The monoisotopic (exact) mass is 773 g/mol. The topological polar surface area (TPSA) is 459 Å². The van der Waals surface area contributed by atoms with Gasteiger partial charge in [-0.1, -0.05) is 7.43 Å². The molecular formula is C30H68N20O4. The second-order valence-electron chi connectivity index (χ2n) is 11.2. The molecule has 312 valence electrons. The Morgan fingerprint density at radius 2 is 0.500 bits per heavy atom. The molecule has 0 aromatic rings. The van der Waals surface area contributed by atoms with Crippen molar-refractivity contribution < 1.29 is 19.8 Å². The molecule has 24 heteroatoms. The molecule has 0 radical (unpaired) electrons. The van der Waals surface area contributed by atoms with E-state index in [-0.39, 0.29) is 68.7 Å². The van der Waals surface area contributed by atoms with Crippen molar-refractivity contribution in [1.29, 1.82) is 54.1 Å². The van der Waals surface area contributed by atoms with Gasteiger partial charge in [-0.3, -0.25) is 54.1 Å². The summed E-state index contributed by atoms with van der Waals surface area (Å²) in [5.74, 6) is -0.518. The maximum absolute atomic E-state index is 9.55. The summed E-state index contributed by atoms with van der Waals surface area (Å²) in [7, 11) is 17.6. The third-order valence-corrected chi connectivity index (χ3v) is 4.86. The van der Waals surface area contributed by atoms with Gasteiger partial charge in [-0.25, -0.2) is 9.59 Å². The normalized spacial score (nSPS) is 8.63. The second kappa shape index (κ2) is 36.2. The fraction of sp³-hybridized carbons (Fsp3) is 0.533. The molecular weight excluding hydrogens is 704 g/mol. The Morgan fingerprint density at radius 3 is 0.537 bits per heavy atom. The number of carbonyl (C=O) groups is 2. The van der Waals surface area contributed by atoms with Crippen LogP contribution in [-0.2, 0) is 9.59 Å². The minimum Gasteiger partial charge on any atom is -0.478 e. The highest BCUT2D eigenvalue weighted by molar-refractivity contribution is 6.00. The zero-order chi connectivity index (χ0) is 43.8. The lowest BCUT2D eigenvalue weighted by molar-refractivity contribution is -0.134. The smallest absolute Gasteiger partial charge is 0.328 e. The van der Waals surface area contributed by atoms with E-state index in [0.717, 1.165) is 0 Å². The Balaban J connectivity index is -0.0000000979. The van der Waals surface area contributed by atoms with Gasteiger partial charge < -0.3 is 63.4 Å². The quantitative estimate of drug-likeness (QED) is 0.0682. The summed E-state index contributed by atoms with van der Waals surface area (Å²) in [4.78, 5) is 27.2. The molecule has 0 aliphatic carbocycles. The lowest BCUT2D eigenvalue weighted by Gasteiger charge is -2.11. The van der Waals surface area contributed by atoms with Crippen molar-refractivity contribution in [3.63, 3.8) is 0 Å². The van der Waals surface area contributed by atoms with E-state index in [1.165, 1.54) is 0 Å². The highest BCUT2D eigenvalue weighted by Gasteiger charge is 2.01. The number of hydrogen-bond acceptors (Lipinski definition) is 12. The van der Waals surface area contributed by atoms with E-state index in [1.54, 1.807) is 95.0 Å². The van der Waals surface area contributed by atoms with E-state index in [1.807, 2.05) is 0 Å². The van der Waals surface area contributed by atoms with Crippen LogP contribution in [0.1, 0.15) is 39.5 Å². The summed E-state index contributed by atoms with van der Waals surface area (Å²) < 4.78 is 0. The highest BCUT2D eigenvalue weighted by Crippen LogP contribution is 1.87. The van der Waals surface area contributed by atoms with Crippen LogP contribution in [0.4, 0.5) is 0 Å². The molecule has 0 amide bonds. The van der Waals surface area contributed by atoms with Crippen LogP contribution in [0, 0.1) is 54.1 Å². The number of carboxylic acids is 2. The zero-order valence-electron chi connectivity index (χ0n) is 32.5. The first-order valence-electron chi connectivity index (χ1n) is 14.8. The first-order chi connectivity index (χ1) is 23.8. The van der Waals surface area contributed by atoms with Crippen LogP contribution in [0.3, 0.4) is 0 Å². The minimum atomic E-state index is -1.26. The van der Waals surface area contributed by atoms with Gasteiger partial charge in [-0.2, -0.15) is 0 Å². The van der Waals surface area contributed by atoms with Crippen molar-refractivity contribution in [2.75, 3.05) is 70.5 Å². The number of carboxylic acid groups (broad SMARTS) is 2. The molecule has 0 aromatic heterocycles. The predicted octanol–water partition coefficient (Wildman–Crippen LogP) is -0.395. The number of amidine groups is 10. The molecule has 0 saturated heterocycles. The van der Waals surface area contributed by atoms with Crippen LogP contribution in [0.15, 0.2) is 12.2 Å². The molecule has 0 heterocycles. The number of rotatable bonds is 12. The molecule has 0 spiro atoms. The Labute approximate surface area is 319 Å². The van der Waals surface area contributed by atoms with Gasteiger partial charge in [-0.05, 0) is 0 Å². The molecule has 0 rings (SSSR count). The SMILES string of the molecule is C.CN(C)C(=N)CC(=N)N.CN(C)C(=N)CC(=N)N.CN(C)C(=N)CC(=N)N.CN(C)C(=N)CC(=N)N.CN(C)C(=N)CC(=N)N.O=C(O)/C=C/C(=O)O. The Bertz CT molecular complexity index is 1090. The van der Waals surface area contributed by atoms with E-state index in [9.17, 15) is 9.59 Å². The van der Waals surface area contributed by atoms with Crippen molar-refractivity contribution in [1.82, 2.24) is 24.5 Å². The van der Waals surface area contributed by atoms with E-state index in [0.29, 0.717) is 41.3 Å². The van der Waals surface area contributed by atoms with Gasteiger partial charge in [-0.15, -0.1) is 0 Å². The third-order valence-electron chi connectivity index (χ3n) is 4.86. The number of nitrogens with one attached hydrogen (secondary N) is 10. The molecule has 0 bridgehead atoms. The maximum atomic E-state index is 9.55. The number of aliphatic carboxylic acids is 2. The van der Waals surface area contributed by atoms with Crippen molar-refractivity contribution >= 4 is 70.3 Å². The average molecular weight is 773 g/mol. The first-order valence-corrected chi connectivity index (χ1v) is 14.8. The summed E-state index contributed by atoms with van der Waals surface area (Å²) in [6.07, 6.45) is 2.33. The first kappa shape index (κ1) is 62.5. The summed E-state index contributed by atoms with van der Waals surface area (Å²) in [5, 5.41) is 85.7. The fourth-order valence-electron chi connectivity index (χ4n) is 1.84. The van der Waals surface area contributed by atoms with Crippen molar-refractivity contribution in [2.45, 2.75) is 39.5 Å². The van der Waals surface area contributed by atoms with Crippen LogP contribution in [-0.4, -0.2) is 175 Å². The van der Waals surface area contributed by atoms with Gasteiger partial charge in [0.2, 0.25) is 0 Å². The van der Waals surface area contributed by atoms with E-state index in [4.69, 9.17) is 93.0 Å². The number of nitrogens with zero attached hydrogens (tertiary/aromatic N) is 5. The van der Waals surface area contributed by atoms with Crippen LogP contribution < -0.4 is 28.7 Å². The molecule has 24 nitrogen and oxygen atoms in total. The van der Waals surface area contributed by atoms with Crippen LogP contribution in [0.2, 0.25) is 0 Å². The number of hydrogen-bond donors (Lipinski definition) is 17. The summed E-state index contributed by atoms with van der Waals surface area (Å²) in [6.45, 7) is 0. The summed E-state index contributed by atoms with van der Waals surface area (Å²) in [5.41, 5.74) is 25.2. The summed E-state index contributed by atoms with van der Waals surface area (Å²) >= 11 is 0. The largest absolute Gasteiger partial charge is 0.478 e. The fourth-order valence-corrected chi connectivity index (χ4v) is 1.84. The van der Waals surface area contributed by atoms with Gasteiger partial charge in [0.1, 0.15) is 29.2 Å². The molecule has 22 N–H and O–H groups in total. The maximum Gasteiger partial charge on any atom is 0.328 e. The third kappa shape index (κ3) is 60.7. The number of nitrogens with two attached hydrogens (primary N) is 5. The van der Waals surface area contributed by atoms with Crippen molar-refractivity contribution in [3.05, 3.63) is 12.2 Å². The van der Waals surface area contributed by atoms with Gasteiger partial charge in [0.15, 0.2) is 0 Å². The molecule has 0 fully saturated rings. The minimum absolute atomic E-state index is 0. The molecule has 0 atom stereocenters. The standard InChI is InChI=1S/5C5H12N4.C4H4O4.CH4/c5*1-9(2)5(8)3-4(6)7;5-3(6)1-2-4(7)8;/h5*8H,3H2,1-2H3,(H3,6,7);1-2H,(H,5,6)(H,7,8);1H4/b;;;;;2-1+;. The van der Waals surface area contributed by atoms with Crippen LogP contribution in [0.5, 0.6) is 0 Å². The van der Waals surface area contributed by atoms with Crippen molar-refractivity contribution in [3.8, 4) is 0 Å². The van der Waals surface area contributed by atoms with Crippen LogP contribution in [0.25, 0.3) is 0 Å². The molecule has 54 heavy (non-hydrogen) atoms. The lowest BCUT2D eigenvalue weighted by atomic mass is 10.3. The van der Waals surface area contributed by atoms with Gasteiger partial charge in [0, 0.05) is 82.6 Å². The van der Waals surface area contributed by atoms with E-state index < -0.39 is 11.9 Å². The van der Waals surface area contributed by atoms with Crippen molar-refractivity contribution in [2.24, 2.45) is 28.7 Å². The van der Waals surface area contributed by atoms with Gasteiger partial charge >= 0.3 is 11.9 Å². The lowest BCUT2D eigenvalue weighted by Crippen LogP contribution is -2.26. The Hall–Kier alpha value is -6.62. The molecule has 0 unspecified atom stereocenters. The molecule has 0 aliphatic rings. The van der Waals surface area contributed by atoms with Gasteiger partial charge in [0.05, 0.1) is 61.3 Å². The summed E-state index contributed by atoms with van der Waals surface area (Å²) in [6, 6.07) is 0. The molecule has 0 saturated carbocycles. The highest BCUT2D eigenvalue weighted by atomic mass is 16.4. The molecule has 0 aromatic carbocycles.